The number of amides is 1. The Morgan fingerprint density at radius 1 is 1.41 bits per heavy atom. The number of halogens is 1. The highest BCUT2D eigenvalue weighted by Crippen LogP contribution is 2.19. The van der Waals surface area contributed by atoms with Crippen LogP contribution in [0.4, 0.5) is 5.13 Å². The van der Waals surface area contributed by atoms with Gasteiger partial charge in [-0.2, -0.15) is 16.1 Å². The van der Waals surface area contributed by atoms with Gasteiger partial charge in [0.1, 0.15) is 5.82 Å². The van der Waals surface area contributed by atoms with Crippen molar-refractivity contribution in [2.75, 3.05) is 43.1 Å². The number of nitrogens with two attached hydrogens (primary N) is 1. The second-order valence-electron chi connectivity index (χ2n) is 5.18. The minimum absolute atomic E-state index is 0. The first-order chi connectivity index (χ1) is 10.1. The van der Waals surface area contributed by atoms with Crippen molar-refractivity contribution >= 4 is 46.7 Å². The van der Waals surface area contributed by atoms with Crippen molar-refractivity contribution in [1.82, 2.24) is 14.3 Å². The van der Waals surface area contributed by atoms with Crippen molar-refractivity contribution in [3.63, 3.8) is 0 Å². The maximum Gasteiger partial charge on any atom is 0.239 e. The Morgan fingerprint density at radius 3 is 2.82 bits per heavy atom. The van der Waals surface area contributed by atoms with Crippen LogP contribution in [0.3, 0.4) is 0 Å². The largest absolute Gasteiger partial charge is 0.345 e. The fourth-order valence-corrected chi connectivity index (χ4v) is 3.56. The molecule has 126 valence electrons. The van der Waals surface area contributed by atoms with E-state index in [-0.39, 0.29) is 24.4 Å². The number of nitrogens with zero attached hydrogens (tertiary/aromatic N) is 4. The number of aromatic nitrogens is 2. The predicted octanol–water partition coefficient (Wildman–Crippen LogP) is 1.39. The SMILES string of the molecule is CSCC[C@H](N)C(=O)N1CCCN(c2nc(C)ns2)CC1.Cl. The molecule has 22 heavy (non-hydrogen) atoms. The summed E-state index contributed by atoms with van der Waals surface area (Å²) in [5, 5.41) is 0.952. The van der Waals surface area contributed by atoms with E-state index in [2.05, 4.69) is 14.3 Å². The highest BCUT2D eigenvalue weighted by atomic mass is 35.5. The van der Waals surface area contributed by atoms with Gasteiger partial charge in [0.15, 0.2) is 0 Å². The van der Waals surface area contributed by atoms with Gasteiger partial charge in [0.05, 0.1) is 6.04 Å². The van der Waals surface area contributed by atoms with Crippen LogP contribution in [-0.4, -0.2) is 64.4 Å². The molecule has 2 heterocycles. The van der Waals surface area contributed by atoms with Crippen LogP contribution in [0.15, 0.2) is 0 Å². The van der Waals surface area contributed by atoms with E-state index in [0.29, 0.717) is 6.54 Å². The van der Waals surface area contributed by atoms with Gasteiger partial charge in [-0.15, -0.1) is 12.4 Å². The fraction of sp³-hybridized carbons (Fsp3) is 0.769. The van der Waals surface area contributed by atoms with Crippen LogP contribution in [0, 0.1) is 6.92 Å². The van der Waals surface area contributed by atoms with Gasteiger partial charge in [0.25, 0.3) is 0 Å². The van der Waals surface area contributed by atoms with E-state index in [1.54, 1.807) is 11.8 Å². The van der Waals surface area contributed by atoms with E-state index in [0.717, 1.165) is 49.2 Å². The van der Waals surface area contributed by atoms with Gasteiger partial charge in [0, 0.05) is 37.7 Å². The summed E-state index contributed by atoms with van der Waals surface area (Å²) in [5.41, 5.74) is 6.00. The van der Waals surface area contributed by atoms with E-state index in [4.69, 9.17) is 5.73 Å². The van der Waals surface area contributed by atoms with Crippen molar-refractivity contribution in [3.05, 3.63) is 5.82 Å². The standard InChI is InChI=1S/C13H23N5OS2.ClH/c1-10-15-13(21-16-10)18-6-3-5-17(7-8-18)12(19)11(14)4-9-20-2;/h11H,3-9,14H2,1-2H3;1H/t11-;/m0./s1. The molecule has 2 N–H and O–H groups in total. The molecule has 1 fully saturated rings. The van der Waals surface area contributed by atoms with Gasteiger partial charge in [-0.3, -0.25) is 4.79 Å². The van der Waals surface area contributed by atoms with Crippen molar-refractivity contribution in [2.45, 2.75) is 25.8 Å². The third-order valence-electron chi connectivity index (χ3n) is 3.55. The topological polar surface area (TPSA) is 75.4 Å². The summed E-state index contributed by atoms with van der Waals surface area (Å²) in [6, 6.07) is -0.368. The monoisotopic (exact) mass is 365 g/mol. The zero-order valence-corrected chi connectivity index (χ0v) is 15.5. The molecule has 0 saturated carbocycles. The Labute approximate surface area is 146 Å². The lowest BCUT2D eigenvalue weighted by Crippen LogP contribution is -2.45. The second-order valence-corrected chi connectivity index (χ2v) is 6.89. The zero-order chi connectivity index (χ0) is 15.2. The van der Waals surface area contributed by atoms with Crippen molar-refractivity contribution < 1.29 is 4.79 Å². The average molecular weight is 366 g/mol. The fourth-order valence-electron chi connectivity index (χ4n) is 2.35. The van der Waals surface area contributed by atoms with E-state index in [9.17, 15) is 4.79 Å². The normalized spacial score (nSPS) is 16.9. The molecule has 1 aromatic heterocycles. The van der Waals surface area contributed by atoms with Crippen LogP contribution in [-0.2, 0) is 4.79 Å². The molecule has 0 unspecified atom stereocenters. The molecule has 1 aliphatic rings. The zero-order valence-electron chi connectivity index (χ0n) is 13.0. The van der Waals surface area contributed by atoms with Crippen LogP contribution in [0.5, 0.6) is 0 Å². The summed E-state index contributed by atoms with van der Waals surface area (Å²) in [6.07, 6.45) is 3.72. The van der Waals surface area contributed by atoms with E-state index in [1.807, 2.05) is 18.1 Å². The minimum Gasteiger partial charge on any atom is -0.345 e. The van der Waals surface area contributed by atoms with Crippen molar-refractivity contribution in [3.8, 4) is 0 Å². The first kappa shape index (κ1) is 19.5. The molecular weight excluding hydrogens is 342 g/mol. The van der Waals surface area contributed by atoms with Gasteiger partial charge in [-0.1, -0.05) is 0 Å². The van der Waals surface area contributed by atoms with Gasteiger partial charge < -0.3 is 15.5 Å². The van der Waals surface area contributed by atoms with Gasteiger partial charge in [0.2, 0.25) is 11.0 Å². The van der Waals surface area contributed by atoms with Crippen molar-refractivity contribution in [1.29, 1.82) is 0 Å². The Balaban J connectivity index is 0.00000242. The molecule has 1 saturated heterocycles. The Bertz CT molecular complexity index is 473. The van der Waals surface area contributed by atoms with Crippen LogP contribution in [0.25, 0.3) is 0 Å². The maximum absolute atomic E-state index is 12.4. The first-order valence-electron chi connectivity index (χ1n) is 7.20. The summed E-state index contributed by atoms with van der Waals surface area (Å²) in [5.74, 6) is 1.82. The Morgan fingerprint density at radius 2 is 2.18 bits per heavy atom. The molecule has 0 aliphatic carbocycles. The van der Waals surface area contributed by atoms with Gasteiger partial charge in [-0.25, -0.2) is 4.98 Å². The summed E-state index contributed by atoms with van der Waals surface area (Å²) in [4.78, 5) is 20.9. The number of carbonyl (C=O) groups is 1. The van der Waals surface area contributed by atoms with Crippen molar-refractivity contribution in [2.24, 2.45) is 5.73 Å². The summed E-state index contributed by atoms with van der Waals surface area (Å²) in [6.45, 7) is 5.11. The third kappa shape index (κ3) is 5.26. The number of carbonyl (C=O) groups excluding carboxylic acids is 1. The van der Waals surface area contributed by atoms with Crippen LogP contribution >= 0.6 is 35.7 Å². The number of aryl methyl sites for hydroxylation is 1. The lowest BCUT2D eigenvalue weighted by Gasteiger charge is -2.24. The Kier molecular flexibility index (Phi) is 8.45. The lowest BCUT2D eigenvalue weighted by molar-refractivity contribution is -0.132. The molecule has 1 amide bonds. The molecule has 6 nitrogen and oxygen atoms in total. The second kappa shape index (κ2) is 9.54. The highest BCUT2D eigenvalue weighted by Gasteiger charge is 2.24. The molecule has 0 radical (unpaired) electrons. The summed E-state index contributed by atoms with van der Waals surface area (Å²) < 4.78 is 4.22. The number of rotatable bonds is 5. The first-order valence-corrected chi connectivity index (χ1v) is 9.37. The smallest absolute Gasteiger partial charge is 0.239 e. The van der Waals surface area contributed by atoms with E-state index in [1.165, 1.54) is 11.5 Å². The van der Waals surface area contributed by atoms with Gasteiger partial charge >= 0.3 is 0 Å². The number of thioether (sulfide) groups is 1. The third-order valence-corrected chi connectivity index (χ3v) is 5.06. The molecule has 1 aromatic rings. The van der Waals surface area contributed by atoms with E-state index < -0.39 is 0 Å². The minimum atomic E-state index is -0.368. The van der Waals surface area contributed by atoms with Crippen LogP contribution in [0.2, 0.25) is 0 Å². The summed E-state index contributed by atoms with van der Waals surface area (Å²) in [7, 11) is 0. The molecule has 1 aliphatic heterocycles. The average Bonchev–Trinajstić information content (AvgIpc) is 2.77. The summed E-state index contributed by atoms with van der Waals surface area (Å²) >= 11 is 3.15. The Hall–Kier alpha value is -0.570. The highest BCUT2D eigenvalue weighted by molar-refractivity contribution is 7.98. The quantitative estimate of drug-likeness (QED) is 0.849. The molecule has 0 bridgehead atoms. The maximum atomic E-state index is 12.4. The molecule has 2 rings (SSSR count). The van der Waals surface area contributed by atoms with Crippen LogP contribution in [0.1, 0.15) is 18.7 Å². The van der Waals surface area contributed by atoms with Gasteiger partial charge in [-0.05, 0) is 31.8 Å². The van der Waals surface area contributed by atoms with E-state index >= 15 is 0 Å². The molecule has 0 aromatic carbocycles. The molecule has 0 spiro atoms. The molecule has 9 heteroatoms. The number of anilines is 1. The molecular formula is C13H24ClN5OS2. The number of hydrogen-bond donors (Lipinski definition) is 1. The molecule has 1 atom stereocenters. The lowest BCUT2D eigenvalue weighted by atomic mass is 10.2. The van der Waals surface area contributed by atoms with Crippen LogP contribution < -0.4 is 10.6 Å². The number of hydrogen-bond acceptors (Lipinski definition) is 7. The predicted molar refractivity (Wildman–Crippen MR) is 96.3 cm³/mol.